The van der Waals surface area contributed by atoms with Crippen LogP contribution in [0.4, 0.5) is 10.1 Å². The highest BCUT2D eigenvalue weighted by Crippen LogP contribution is 2.32. The van der Waals surface area contributed by atoms with Crippen molar-refractivity contribution in [3.63, 3.8) is 0 Å². The molecule has 2 saturated heterocycles. The molecule has 0 amide bonds. The van der Waals surface area contributed by atoms with Gasteiger partial charge in [-0.1, -0.05) is 12.1 Å². The molecule has 2 atom stereocenters. The third kappa shape index (κ3) is 8.75. The van der Waals surface area contributed by atoms with Gasteiger partial charge in [-0.05, 0) is 104 Å². The number of anilines is 1. The molecule has 2 aromatic rings. The van der Waals surface area contributed by atoms with Crippen LogP contribution in [-0.4, -0.2) is 88.8 Å². The number of rotatable bonds is 5. The van der Waals surface area contributed by atoms with Crippen LogP contribution in [0.15, 0.2) is 45.3 Å². The normalized spacial score (nSPS) is 19.2. The second kappa shape index (κ2) is 14.8. The lowest BCUT2D eigenvalue weighted by Gasteiger charge is -2.23. The van der Waals surface area contributed by atoms with Gasteiger partial charge in [-0.25, -0.2) is 4.39 Å². The minimum Gasteiger partial charge on any atom is -0.368 e. The molecule has 0 unspecified atom stereocenters. The average Bonchev–Trinajstić information content (AvgIpc) is 3.54. The molecule has 9 heteroatoms. The number of likely N-dealkylation sites (N-methyl/N-ethyl adjacent to an activating group) is 2. The van der Waals surface area contributed by atoms with Gasteiger partial charge in [0.25, 0.3) is 0 Å². The van der Waals surface area contributed by atoms with Crippen LogP contribution in [-0.2, 0) is 0 Å². The Morgan fingerprint density at radius 2 is 1.51 bits per heavy atom. The summed E-state index contributed by atoms with van der Waals surface area (Å²) in [7, 11) is 8.49. The predicted molar refractivity (Wildman–Crippen MR) is 148 cm³/mol. The minimum atomic E-state index is -0.502. The summed E-state index contributed by atoms with van der Waals surface area (Å²) in [4.78, 5) is 28.0. The minimum absolute atomic E-state index is 0.0781. The molecule has 6 nitrogen and oxygen atoms in total. The standard InChI is InChI=1S/C13H17BrN2O.C7H4BrFO.C6H14N2/c1-15(2)11-6-7-16(8-11)13-10(9-17)4-3-5-12(13)14;8-6-3-1-2-5(4-10)7(6)9;1-8(2)6-3-4-7-5-6/h3-5,9,11H,6-8H2,1-2H3;1-4H;6-7H,3-5H2,1-2H3/t11-;;6-/m0.0/s1. The lowest BCUT2D eigenvalue weighted by molar-refractivity contribution is 0.111. The van der Waals surface area contributed by atoms with Gasteiger partial charge >= 0.3 is 0 Å². The van der Waals surface area contributed by atoms with Gasteiger partial charge in [0, 0.05) is 41.8 Å². The molecule has 0 bridgehead atoms. The number of nitrogens with zero attached hydrogens (tertiary/aromatic N) is 3. The lowest BCUT2D eigenvalue weighted by atomic mass is 10.2. The zero-order valence-electron chi connectivity index (χ0n) is 20.8. The van der Waals surface area contributed by atoms with E-state index in [0.717, 1.165) is 47.6 Å². The molecule has 2 heterocycles. The Labute approximate surface area is 225 Å². The topological polar surface area (TPSA) is 55.9 Å². The fourth-order valence-electron chi connectivity index (χ4n) is 4.02. The molecule has 2 aromatic carbocycles. The average molecular weight is 614 g/mol. The molecule has 2 aliphatic rings. The molecular formula is C26H35Br2FN4O2. The fourth-order valence-corrected chi connectivity index (χ4v) is 5.03. The van der Waals surface area contributed by atoms with Crippen molar-refractivity contribution in [1.29, 1.82) is 0 Å². The van der Waals surface area contributed by atoms with Crippen molar-refractivity contribution in [2.75, 3.05) is 59.3 Å². The van der Waals surface area contributed by atoms with E-state index >= 15 is 0 Å². The first-order valence-corrected chi connectivity index (χ1v) is 13.2. The van der Waals surface area contributed by atoms with Crippen LogP contribution in [0.2, 0.25) is 0 Å². The van der Waals surface area contributed by atoms with E-state index in [9.17, 15) is 14.0 Å². The second-order valence-corrected chi connectivity index (χ2v) is 10.7. The van der Waals surface area contributed by atoms with Gasteiger partial charge in [0.15, 0.2) is 12.6 Å². The fraction of sp³-hybridized carbons (Fsp3) is 0.462. The summed E-state index contributed by atoms with van der Waals surface area (Å²) in [6.07, 6.45) is 3.88. The molecule has 0 saturated carbocycles. The molecule has 2 fully saturated rings. The first-order chi connectivity index (χ1) is 16.7. The van der Waals surface area contributed by atoms with E-state index in [1.165, 1.54) is 25.6 Å². The lowest BCUT2D eigenvalue weighted by Crippen LogP contribution is -2.31. The maximum absolute atomic E-state index is 12.7. The first-order valence-electron chi connectivity index (χ1n) is 11.6. The number of benzene rings is 2. The number of nitrogens with one attached hydrogen (secondary N) is 1. The third-order valence-electron chi connectivity index (χ3n) is 6.23. The highest BCUT2D eigenvalue weighted by Gasteiger charge is 2.26. The van der Waals surface area contributed by atoms with E-state index in [1.54, 1.807) is 12.1 Å². The van der Waals surface area contributed by atoms with Crippen molar-refractivity contribution < 1.29 is 14.0 Å². The summed E-state index contributed by atoms with van der Waals surface area (Å²) < 4.78 is 14.0. The van der Waals surface area contributed by atoms with Crippen molar-refractivity contribution in [3.05, 3.63) is 62.3 Å². The van der Waals surface area contributed by atoms with E-state index in [0.29, 0.717) is 16.8 Å². The summed E-state index contributed by atoms with van der Waals surface area (Å²) in [5, 5.41) is 3.31. The maximum Gasteiger partial charge on any atom is 0.153 e. The highest BCUT2D eigenvalue weighted by atomic mass is 79.9. The monoisotopic (exact) mass is 612 g/mol. The second-order valence-electron chi connectivity index (χ2n) is 9.02. The summed E-state index contributed by atoms with van der Waals surface area (Å²) >= 11 is 6.49. The Morgan fingerprint density at radius 3 is 1.97 bits per heavy atom. The van der Waals surface area contributed by atoms with E-state index in [2.05, 4.69) is 80.1 Å². The van der Waals surface area contributed by atoms with Gasteiger partial charge in [-0.3, -0.25) is 9.59 Å². The van der Waals surface area contributed by atoms with Gasteiger partial charge < -0.3 is 20.0 Å². The SMILES string of the molecule is CN(C)[C@H]1CCN(c2c(Br)cccc2C=O)C1.CN(C)[C@H]1CCNC1.O=Cc1cccc(Br)c1F. The Hall–Kier alpha value is -1.65. The van der Waals surface area contributed by atoms with Crippen molar-refractivity contribution in [2.24, 2.45) is 0 Å². The molecule has 192 valence electrons. The number of carbonyl (C=O) groups is 2. The zero-order chi connectivity index (χ0) is 26.0. The van der Waals surface area contributed by atoms with Crippen molar-refractivity contribution >= 4 is 50.1 Å². The zero-order valence-corrected chi connectivity index (χ0v) is 24.0. The van der Waals surface area contributed by atoms with Crippen LogP contribution in [0.1, 0.15) is 33.6 Å². The van der Waals surface area contributed by atoms with Gasteiger partial charge in [0.2, 0.25) is 0 Å². The van der Waals surface area contributed by atoms with Gasteiger partial charge in [0.05, 0.1) is 15.7 Å². The molecule has 0 spiro atoms. The van der Waals surface area contributed by atoms with Crippen LogP contribution in [0.25, 0.3) is 0 Å². The summed E-state index contributed by atoms with van der Waals surface area (Å²) in [6.45, 7) is 4.36. The summed E-state index contributed by atoms with van der Waals surface area (Å²) in [5.41, 5.74) is 1.88. The van der Waals surface area contributed by atoms with E-state index in [4.69, 9.17) is 0 Å². The quantitative estimate of drug-likeness (QED) is 0.493. The molecule has 0 aromatic heterocycles. The maximum atomic E-state index is 12.7. The van der Waals surface area contributed by atoms with Gasteiger partial charge in [-0.2, -0.15) is 0 Å². The number of carbonyl (C=O) groups excluding carboxylic acids is 2. The number of hydrogen-bond acceptors (Lipinski definition) is 6. The van der Waals surface area contributed by atoms with Crippen molar-refractivity contribution in [1.82, 2.24) is 15.1 Å². The Morgan fingerprint density at radius 1 is 0.914 bits per heavy atom. The van der Waals surface area contributed by atoms with Crippen molar-refractivity contribution in [3.8, 4) is 0 Å². The van der Waals surface area contributed by atoms with Crippen LogP contribution in [0, 0.1) is 5.82 Å². The largest absolute Gasteiger partial charge is 0.368 e. The van der Waals surface area contributed by atoms with Crippen LogP contribution in [0.5, 0.6) is 0 Å². The van der Waals surface area contributed by atoms with Gasteiger partial charge in [-0.15, -0.1) is 0 Å². The molecule has 1 N–H and O–H groups in total. The molecule has 35 heavy (non-hydrogen) atoms. The van der Waals surface area contributed by atoms with Crippen LogP contribution in [0.3, 0.4) is 0 Å². The molecule has 4 rings (SSSR count). The van der Waals surface area contributed by atoms with E-state index in [-0.39, 0.29) is 5.56 Å². The molecule has 2 aliphatic heterocycles. The predicted octanol–water partition coefficient (Wildman–Crippen LogP) is 4.71. The summed E-state index contributed by atoms with van der Waals surface area (Å²) in [6, 6.07) is 11.7. The number of aldehydes is 2. The van der Waals surface area contributed by atoms with E-state index < -0.39 is 5.82 Å². The highest BCUT2D eigenvalue weighted by molar-refractivity contribution is 9.10. The Bertz CT molecular complexity index is 968. The third-order valence-corrected chi connectivity index (χ3v) is 7.48. The first kappa shape index (κ1) is 29.6. The number of para-hydroxylation sites is 1. The van der Waals surface area contributed by atoms with Crippen molar-refractivity contribution in [2.45, 2.75) is 24.9 Å². The number of halogens is 3. The van der Waals surface area contributed by atoms with Crippen LogP contribution < -0.4 is 10.2 Å². The summed E-state index contributed by atoms with van der Waals surface area (Å²) in [5.74, 6) is -0.502. The smallest absolute Gasteiger partial charge is 0.153 e. The van der Waals surface area contributed by atoms with Crippen LogP contribution >= 0.6 is 31.9 Å². The van der Waals surface area contributed by atoms with E-state index in [1.807, 2.05) is 18.2 Å². The Kier molecular flexibility index (Phi) is 12.5. The Balaban J connectivity index is 0.000000204. The molecule has 0 radical (unpaired) electrons. The molecular weight excluding hydrogens is 579 g/mol. The number of hydrogen-bond donors (Lipinski definition) is 1. The molecule has 0 aliphatic carbocycles. The van der Waals surface area contributed by atoms with Gasteiger partial charge in [0.1, 0.15) is 5.82 Å².